The number of guanidine groups is 1. The molecule has 0 radical (unpaired) electrons. The van der Waals surface area contributed by atoms with Crippen LogP contribution in [0.1, 0.15) is 15.9 Å². The van der Waals surface area contributed by atoms with Crippen LogP contribution in [0.3, 0.4) is 0 Å². The number of alkyl halides is 3. The Morgan fingerprint density at radius 2 is 1.76 bits per heavy atom. The summed E-state index contributed by atoms with van der Waals surface area (Å²) in [6.45, 7) is 0. The molecular formula is C9H7F4N3O. The van der Waals surface area contributed by atoms with Gasteiger partial charge in [-0.2, -0.15) is 13.2 Å². The quantitative estimate of drug-likeness (QED) is 0.451. The molecule has 0 fully saturated rings. The van der Waals surface area contributed by atoms with E-state index in [9.17, 15) is 22.4 Å². The van der Waals surface area contributed by atoms with Gasteiger partial charge in [0.15, 0.2) is 0 Å². The fourth-order valence-corrected chi connectivity index (χ4v) is 1.02. The molecule has 0 unspecified atom stereocenters. The van der Waals surface area contributed by atoms with Gasteiger partial charge < -0.3 is 5.73 Å². The fourth-order valence-electron chi connectivity index (χ4n) is 1.02. The molecule has 1 amide bonds. The number of benzene rings is 1. The van der Waals surface area contributed by atoms with E-state index >= 15 is 0 Å². The maximum Gasteiger partial charge on any atom is 0.416 e. The monoisotopic (exact) mass is 249 g/mol. The van der Waals surface area contributed by atoms with E-state index in [1.165, 1.54) is 0 Å². The van der Waals surface area contributed by atoms with Crippen molar-refractivity contribution in [1.29, 1.82) is 0 Å². The Kier molecular flexibility index (Phi) is 3.66. The molecule has 1 aromatic carbocycles. The third-order valence-corrected chi connectivity index (χ3v) is 1.81. The van der Waals surface area contributed by atoms with Crippen LogP contribution in [0.15, 0.2) is 29.5 Å². The molecule has 0 saturated carbocycles. The summed E-state index contributed by atoms with van der Waals surface area (Å²) in [5, 5.41) is 3.83. The van der Waals surface area contributed by atoms with E-state index < -0.39 is 23.6 Å². The first-order chi connectivity index (χ1) is 7.84. The maximum atomic E-state index is 12.2. The minimum absolute atomic E-state index is 0.0930. The smallest absolute Gasteiger partial charge is 0.367 e. The molecule has 0 atom stereocenters. The van der Waals surface area contributed by atoms with Gasteiger partial charge in [0.05, 0.1) is 5.56 Å². The molecule has 0 aliphatic heterocycles. The molecule has 4 nitrogen and oxygen atoms in total. The van der Waals surface area contributed by atoms with Crippen LogP contribution in [0.4, 0.5) is 17.7 Å². The van der Waals surface area contributed by atoms with Crippen molar-refractivity contribution in [3.63, 3.8) is 0 Å². The van der Waals surface area contributed by atoms with Crippen molar-refractivity contribution >= 4 is 11.9 Å². The molecule has 1 rings (SSSR count). The first-order valence-corrected chi connectivity index (χ1v) is 4.27. The molecule has 3 N–H and O–H groups in total. The molecule has 92 valence electrons. The summed E-state index contributed by atoms with van der Waals surface area (Å²) in [4.78, 5) is 11.3. The summed E-state index contributed by atoms with van der Waals surface area (Å²) >= 11 is 0. The second kappa shape index (κ2) is 4.81. The van der Waals surface area contributed by atoms with Gasteiger partial charge in [-0.3, -0.25) is 10.1 Å². The molecule has 8 heteroatoms. The molecule has 0 saturated heterocycles. The average molecular weight is 249 g/mol. The van der Waals surface area contributed by atoms with Crippen molar-refractivity contribution in [1.82, 2.24) is 5.32 Å². The summed E-state index contributed by atoms with van der Waals surface area (Å²) < 4.78 is 48.2. The van der Waals surface area contributed by atoms with E-state index in [4.69, 9.17) is 5.73 Å². The van der Waals surface area contributed by atoms with Gasteiger partial charge >= 0.3 is 6.18 Å². The van der Waals surface area contributed by atoms with Gasteiger partial charge in [0.25, 0.3) is 5.91 Å². The summed E-state index contributed by atoms with van der Waals surface area (Å²) in [6, 6.07) is 3.36. The second-order valence-electron chi connectivity index (χ2n) is 3.00. The number of nitrogens with one attached hydrogen (secondary N) is 1. The lowest BCUT2D eigenvalue weighted by Gasteiger charge is -2.07. The Morgan fingerprint density at radius 1 is 1.24 bits per heavy atom. The predicted octanol–water partition coefficient (Wildman–Crippen LogP) is 1.63. The lowest BCUT2D eigenvalue weighted by atomic mass is 10.1. The Hall–Kier alpha value is -2.12. The van der Waals surface area contributed by atoms with E-state index in [1.54, 1.807) is 0 Å². The largest absolute Gasteiger partial charge is 0.416 e. The predicted molar refractivity (Wildman–Crippen MR) is 51.6 cm³/mol. The van der Waals surface area contributed by atoms with Crippen molar-refractivity contribution < 1.29 is 22.4 Å². The minimum Gasteiger partial charge on any atom is -0.367 e. The minimum atomic E-state index is -4.48. The van der Waals surface area contributed by atoms with Crippen molar-refractivity contribution in [3.8, 4) is 0 Å². The molecule has 0 heterocycles. The number of rotatable bonds is 1. The summed E-state index contributed by atoms with van der Waals surface area (Å²) in [6.07, 6.45) is -4.48. The highest BCUT2D eigenvalue weighted by atomic mass is 19.4. The SMILES string of the molecule is NC(=NF)NC(=O)c1ccc(C(F)(F)F)cc1. The third-order valence-electron chi connectivity index (χ3n) is 1.81. The van der Waals surface area contributed by atoms with Crippen LogP contribution in [-0.2, 0) is 6.18 Å². The van der Waals surface area contributed by atoms with E-state index in [1.807, 2.05) is 10.5 Å². The number of amides is 1. The molecule has 0 aliphatic rings. The lowest BCUT2D eigenvalue weighted by Crippen LogP contribution is -2.36. The number of halogens is 4. The van der Waals surface area contributed by atoms with Gasteiger partial charge in [-0.05, 0) is 24.3 Å². The first kappa shape index (κ1) is 12.9. The topological polar surface area (TPSA) is 67.5 Å². The Labute approximate surface area is 93.1 Å². The van der Waals surface area contributed by atoms with Crippen LogP contribution >= 0.6 is 0 Å². The average Bonchev–Trinajstić information content (AvgIpc) is 2.27. The second-order valence-corrected chi connectivity index (χ2v) is 3.00. The van der Waals surface area contributed by atoms with Gasteiger partial charge in [-0.15, -0.1) is 0 Å². The lowest BCUT2D eigenvalue weighted by molar-refractivity contribution is -0.137. The highest BCUT2D eigenvalue weighted by Crippen LogP contribution is 2.28. The molecule has 0 aliphatic carbocycles. The van der Waals surface area contributed by atoms with Crippen LogP contribution < -0.4 is 11.1 Å². The number of hydrogen-bond acceptors (Lipinski definition) is 2. The number of hydrogen-bond donors (Lipinski definition) is 2. The summed E-state index contributed by atoms with van der Waals surface area (Å²) in [5.41, 5.74) is 3.89. The van der Waals surface area contributed by atoms with Gasteiger partial charge in [0.2, 0.25) is 5.96 Å². The van der Waals surface area contributed by atoms with E-state index in [0.29, 0.717) is 0 Å². The zero-order valence-electron chi connectivity index (χ0n) is 8.25. The molecule has 17 heavy (non-hydrogen) atoms. The number of nitrogens with zero attached hydrogens (tertiary/aromatic N) is 1. The third kappa shape index (κ3) is 3.44. The van der Waals surface area contributed by atoms with E-state index in [0.717, 1.165) is 24.3 Å². The van der Waals surface area contributed by atoms with Crippen molar-refractivity contribution in [2.24, 2.45) is 10.9 Å². The molecular weight excluding hydrogens is 242 g/mol. The van der Waals surface area contributed by atoms with E-state index in [2.05, 4.69) is 0 Å². The van der Waals surface area contributed by atoms with Gasteiger partial charge in [0.1, 0.15) is 0 Å². The summed E-state index contributed by atoms with van der Waals surface area (Å²) in [7, 11) is 0. The van der Waals surface area contributed by atoms with Crippen LogP contribution in [0.5, 0.6) is 0 Å². The van der Waals surface area contributed by atoms with Crippen molar-refractivity contribution in [3.05, 3.63) is 35.4 Å². The van der Waals surface area contributed by atoms with Crippen LogP contribution in [-0.4, -0.2) is 11.9 Å². The molecule has 0 bridgehead atoms. The first-order valence-electron chi connectivity index (χ1n) is 4.27. The van der Waals surface area contributed by atoms with Crippen LogP contribution in [0, 0.1) is 0 Å². The van der Waals surface area contributed by atoms with Crippen LogP contribution in [0.25, 0.3) is 0 Å². The highest BCUT2D eigenvalue weighted by molar-refractivity contribution is 6.05. The van der Waals surface area contributed by atoms with Crippen LogP contribution in [0.2, 0.25) is 0 Å². The van der Waals surface area contributed by atoms with Gasteiger partial charge in [-0.1, -0.05) is 9.70 Å². The summed E-state index contributed by atoms with van der Waals surface area (Å²) in [5.74, 6) is -1.62. The number of nitrogens with two attached hydrogens (primary N) is 1. The molecule has 0 spiro atoms. The Morgan fingerprint density at radius 3 is 2.18 bits per heavy atom. The van der Waals surface area contributed by atoms with Gasteiger partial charge in [0, 0.05) is 5.56 Å². The zero-order chi connectivity index (χ0) is 13.1. The normalized spacial score (nSPS) is 12.4. The molecule has 0 aromatic heterocycles. The van der Waals surface area contributed by atoms with Crippen molar-refractivity contribution in [2.75, 3.05) is 0 Å². The highest BCUT2D eigenvalue weighted by Gasteiger charge is 2.30. The fraction of sp³-hybridized carbons (Fsp3) is 0.111. The zero-order valence-corrected chi connectivity index (χ0v) is 8.25. The Balaban J connectivity index is 2.85. The standard InChI is InChI=1S/C9H7F4N3O/c10-9(11,12)6-3-1-5(2-4-6)7(17)15-8(14)16-13/h1-4H,(H3,14,15,16,17). The number of carbonyl (C=O) groups is 1. The maximum absolute atomic E-state index is 12.2. The van der Waals surface area contributed by atoms with Gasteiger partial charge in [-0.25, -0.2) is 0 Å². The van der Waals surface area contributed by atoms with E-state index in [-0.39, 0.29) is 5.56 Å². The molecule has 1 aromatic rings. The number of carbonyl (C=O) groups excluding carboxylic acids is 1. The Bertz CT molecular complexity index is 439. The van der Waals surface area contributed by atoms with Crippen molar-refractivity contribution in [2.45, 2.75) is 6.18 Å².